The number of benzene rings is 1. The third kappa shape index (κ3) is 3.11. The molecule has 0 aromatic heterocycles. The first-order chi connectivity index (χ1) is 6.52. The Labute approximate surface area is 88.9 Å². The largest absolute Gasteiger partial charge is 0.294 e. The molecule has 0 heterocycles. The highest BCUT2D eigenvalue weighted by Crippen LogP contribution is 2.20. The zero-order chi connectivity index (χ0) is 11.3. The zero-order valence-electron chi connectivity index (χ0n) is 8.82. The van der Waals surface area contributed by atoms with E-state index in [-0.39, 0.29) is 16.6 Å². The minimum absolute atomic E-state index is 0.150. The van der Waals surface area contributed by atoms with E-state index in [0.717, 1.165) is 6.07 Å². The molecule has 0 unspecified atom stereocenters. The van der Waals surface area contributed by atoms with E-state index in [1.165, 1.54) is 13.0 Å². The first-order valence-electron chi connectivity index (χ1n) is 4.49. The number of hydrogen-bond acceptors (Lipinski definition) is 1. The molecule has 0 saturated heterocycles. The van der Waals surface area contributed by atoms with Crippen LogP contribution in [0.5, 0.6) is 0 Å². The van der Waals surface area contributed by atoms with Gasteiger partial charge in [-0.2, -0.15) is 0 Å². The fourth-order valence-electron chi connectivity index (χ4n) is 0.927. The van der Waals surface area contributed by atoms with Gasteiger partial charge >= 0.3 is 0 Å². The van der Waals surface area contributed by atoms with Gasteiger partial charge in [0, 0.05) is 5.56 Å². The minimum Gasteiger partial charge on any atom is -0.294 e. The van der Waals surface area contributed by atoms with Crippen molar-refractivity contribution in [3.63, 3.8) is 0 Å². The summed E-state index contributed by atoms with van der Waals surface area (Å²) >= 11 is 5.64. The predicted molar refractivity (Wildman–Crippen MR) is 57.5 cm³/mol. The monoisotopic (exact) mass is 216 g/mol. The summed E-state index contributed by atoms with van der Waals surface area (Å²) < 4.78 is 12.8. The number of rotatable bonds is 1. The normalized spacial score (nSPS) is 9.00. The van der Waals surface area contributed by atoms with Crippen LogP contribution in [0.25, 0.3) is 0 Å². The van der Waals surface area contributed by atoms with Crippen LogP contribution in [0, 0.1) is 12.7 Å². The molecule has 1 aromatic carbocycles. The van der Waals surface area contributed by atoms with Crippen molar-refractivity contribution < 1.29 is 9.18 Å². The van der Waals surface area contributed by atoms with E-state index in [0.29, 0.717) is 11.1 Å². The second-order valence-electron chi connectivity index (χ2n) is 2.64. The first-order valence-corrected chi connectivity index (χ1v) is 4.86. The minimum atomic E-state index is -0.384. The number of aryl methyl sites for hydroxylation is 1. The van der Waals surface area contributed by atoms with Crippen molar-refractivity contribution in [1.82, 2.24) is 0 Å². The summed E-state index contributed by atoms with van der Waals surface area (Å²) in [5.74, 6) is -0.534. The number of Topliss-reactive ketones (excluding diaryl/α,β-unsaturated/α-hetero) is 1. The highest BCUT2D eigenvalue weighted by molar-refractivity contribution is 6.33. The molecule has 78 valence electrons. The van der Waals surface area contributed by atoms with Crippen LogP contribution in [0.4, 0.5) is 4.39 Å². The van der Waals surface area contributed by atoms with Gasteiger partial charge in [0.2, 0.25) is 0 Å². The van der Waals surface area contributed by atoms with Gasteiger partial charge in [-0.25, -0.2) is 4.39 Å². The van der Waals surface area contributed by atoms with E-state index in [2.05, 4.69) is 0 Å². The average molecular weight is 217 g/mol. The van der Waals surface area contributed by atoms with Crippen LogP contribution >= 0.6 is 11.6 Å². The molecule has 1 aromatic rings. The van der Waals surface area contributed by atoms with Crippen LogP contribution in [0.3, 0.4) is 0 Å². The fourth-order valence-corrected chi connectivity index (χ4v) is 1.21. The van der Waals surface area contributed by atoms with E-state index in [1.54, 1.807) is 6.92 Å². The predicted octanol–water partition coefficient (Wildman–Crippen LogP) is 4.02. The summed E-state index contributed by atoms with van der Waals surface area (Å²) in [6.45, 7) is 7.00. The van der Waals surface area contributed by atoms with Gasteiger partial charge in [-0.15, -0.1) is 0 Å². The van der Waals surface area contributed by atoms with E-state index in [1.807, 2.05) is 13.8 Å². The molecule has 0 atom stereocenters. The molecule has 1 rings (SSSR count). The summed E-state index contributed by atoms with van der Waals surface area (Å²) in [5.41, 5.74) is 0.806. The summed E-state index contributed by atoms with van der Waals surface area (Å²) in [5, 5.41) is 0.172. The molecule has 0 aliphatic rings. The molecule has 0 aliphatic carbocycles. The van der Waals surface area contributed by atoms with Crippen LogP contribution in [-0.4, -0.2) is 5.78 Å². The van der Waals surface area contributed by atoms with Crippen molar-refractivity contribution in [3.05, 3.63) is 34.1 Å². The number of ketones is 1. The van der Waals surface area contributed by atoms with E-state index in [9.17, 15) is 9.18 Å². The quantitative estimate of drug-likeness (QED) is 0.648. The molecular weight excluding hydrogens is 203 g/mol. The maximum Gasteiger partial charge on any atom is 0.161 e. The zero-order valence-corrected chi connectivity index (χ0v) is 9.57. The fraction of sp³-hybridized carbons (Fsp3) is 0.364. The van der Waals surface area contributed by atoms with Gasteiger partial charge in [0.1, 0.15) is 5.82 Å². The average Bonchev–Trinajstić information content (AvgIpc) is 2.14. The smallest absolute Gasteiger partial charge is 0.161 e. The lowest BCUT2D eigenvalue weighted by atomic mass is 10.1. The number of carbonyl (C=O) groups is 1. The molecule has 1 nitrogen and oxygen atoms in total. The van der Waals surface area contributed by atoms with Crippen molar-refractivity contribution in [3.8, 4) is 0 Å². The Kier molecular flexibility index (Phi) is 5.39. The Hall–Kier alpha value is -0.890. The van der Waals surface area contributed by atoms with Crippen LogP contribution in [0.2, 0.25) is 5.02 Å². The van der Waals surface area contributed by atoms with E-state index in [4.69, 9.17) is 11.6 Å². The maximum atomic E-state index is 12.8. The highest BCUT2D eigenvalue weighted by Gasteiger charge is 2.08. The van der Waals surface area contributed by atoms with Gasteiger partial charge in [-0.3, -0.25) is 4.79 Å². The van der Waals surface area contributed by atoms with Crippen molar-refractivity contribution in [1.29, 1.82) is 0 Å². The van der Waals surface area contributed by atoms with Gasteiger partial charge in [-0.05, 0) is 31.5 Å². The molecule has 0 spiro atoms. The lowest BCUT2D eigenvalue weighted by Gasteiger charge is -2.02. The van der Waals surface area contributed by atoms with Gasteiger partial charge < -0.3 is 0 Å². The van der Waals surface area contributed by atoms with Gasteiger partial charge in [0.25, 0.3) is 0 Å². The number of hydrogen-bond donors (Lipinski definition) is 0. The van der Waals surface area contributed by atoms with Crippen molar-refractivity contribution in [2.24, 2.45) is 0 Å². The lowest BCUT2D eigenvalue weighted by molar-refractivity contribution is 0.101. The number of carbonyl (C=O) groups excluding carboxylic acids is 1. The van der Waals surface area contributed by atoms with Crippen LogP contribution in [0.1, 0.15) is 36.7 Å². The standard InChI is InChI=1S/C9H8ClFO.C2H6/c1-5-3-7(6(2)12)8(10)4-9(5)11;1-2/h3-4H,1-2H3;1-2H3. The van der Waals surface area contributed by atoms with Crippen molar-refractivity contribution in [2.75, 3.05) is 0 Å². The third-order valence-corrected chi connectivity index (χ3v) is 1.94. The third-order valence-electron chi connectivity index (χ3n) is 1.63. The molecule has 14 heavy (non-hydrogen) atoms. The lowest BCUT2D eigenvalue weighted by Crippen LogP contribution is -1.95. The van der Waals surface area contributed by atoms with Crippen LogP contribution in [-0.2, 0) is 0 Å². The van der Waals surface area contributed by atoms with Gasteiger partial charge in [0.05, 0.1) is 5.02 Å². The van der Waals surface area contributed by atoms with Crippen LogP contribution in [0.15, 0.2) is 12.1 Å². The molecule has 0 saturated carbocycles. The Morgan fingerprint density at radius 2 is 1.86 bits per heavy atom. The van der Waals surface area contributed by atoms with Gasteiger partial charge in [0.15, 0.2) is 5.78 Å². The van der Waals surface area contributed by atoms with Gasteiger partial charge in [-0.1, -0.05) is 25.4 Å². The molecular formula is C11H14ClFO. The molecule has 0 N–H and O–H groups in total. The Morgan fingerprint density at radius 3 is 2.29 bits per heavy atom. The summed E-state index contributed by atoms with van der Waals surface area (Å²) in [6, 6.07) is 2.62. The molecule has 0 fully saturated rings. The number of halogens is 2. The van der Waals surface area contributed by atoms with Crippen molar-refractivity contribution >= 4 is 17.4 Å². The summed E-state index contributed by atoms with van der Waals surface area (Å²) in [7, 11) is 0. The summed E-state index contributed by atoms with van der Waals surface area (Å²) in [4.78, 5) is 10.9. The SMILES string of the molecule is CC.CC(=O)c1cc(C)c(F)cc1Cl. The molecule has 0 amide bonds. The summed E-state index contributed by atoms with van der Waals surface area (Å²) in [6.07, 6.45) is 0. The van der Waals surface area contributed by atoms with E-state index >= 15 is 0 Å². The topological polar surface area (TPSA) is 17.1 Å². The Bertz CT molecular complexity index is 334. The highest BCUT2D eigenvalue weighted by atomic mass is 35.5. The second-order valence-corrected chi connectivity index (χ2v) is 3.04. The van der Waals surface area contributed by atoms with Crippen LogP contribution < -0.4 is 0 Å². The second kappa shape index (κ2) is 5.76. The van der Waals surface area contributed by atoms with E-state index < -0.39 is 0 Å². The maximum absolute atomic E-state index is 12.8. The van der Waals surface area contributed by atoms with Crippen molar-refractivity contribution in [2.45, 2.75) is 27.7 Å². The Morgan fingerprint density at radius 1 is 1.36 bits per heavy atom. The Balaban J connectivity index is 0.000000791. The molecule has 3 heteroatoms. The molecule has 0 bridgehead atoms. The first kappa shape index (κ1) is 13.1. The molecule has 0 aliphatic heterocycles. The molecule has 0 radical (unpaired) electrons.